The molecule has 4 aromatic carbocycles. The third kappa shape index (κ3) is 19.4. The maximum absolute atomic E-state index is 13.8. The molecule has 0 radical (unpaired) electrons. The van der Waals surface area contributed by atoms with Crippen LogP contribution >= 0.6 is 22.7 Å². The van der Waals surface area contributed by atoms with Crippen LogP contribution in [0.15, 0.2) is 126 Å². The van der Waals surface area contributed by atoms with E-state index < -0.39 is 53.4 Å². The Hall–Kier alpha value is -9.55. The quantitative estimate of drug-likeness (QED) is 0.00658. The summed E-state index contributed by atoms with van der Waals surface area (Å²) in [5.74, 6) is -1.77. The highest BCUT2D eigenvalue weighted by Crippen LogP contribution is 2.41. The van der Waals surface area contributed by atoms with Gasteiger partial charge in [-0.15, -0.1) is 20.5 Å². The molecule has 524 valence electrons. The Kier molecular flexibility index (Phi) is 25.2. The summed E-state index contributed by atoms with van der Waals surface area (Å²) in [7, 11) is -9.20. The normalized spacial score (nSPS) is 14.0. The maximum Gasteiger partial charge on any atom is 0.294 e. The second kappa shape index (κ2) is 33.8. The van der Waals surface area contributed by atoms with E-state index in [4.69, 9.17) is 35.1 Å². The van der Waals surface area contributed by atoms with E-state index in [1.54, 1.807) is 17.0 Å². The Labute approximate surface area is 581 Å². The van der Waals surface area contributed by atoms with Gasteiger partial charge < -0.3 is 56.0 Å². The topological polar surface area (TPSA) is 396 Å². The van der Waals surface area contributed by atoms with Gasteiger partial charge in [0.1, 0.15) is 23.0 Å². The van der Waals surface area contributed by atoms with Crippen LogP contribution in [0, 0.1) is 0 Å². The second-order valence-electron chi connectivity index (χ2n) is 22.7. The van der Waals surface area contributed by atoms with Crippen LogP contribution in [0.25, 0.3) is 12.2 Å². The van der Waals surface area contributed by atoms with Crippen molar-refractivity contribution in [3.63, 3.8) is 0 Å². The molecule has 0 unspecified atom stereocenters. The van der Waals surface area contributed by atoms with Gasteiger partial charge >= 0.3 is 0 Å². The molecule has 0 spiro atoms. The molecule has 7 aromatic rings. The van der Waals surface area contributed by atoms with Gasteiger partial charge in [0.2, 0.25) is 28.1 Å². The predicted molar refractivity (Wildman–Crippen MR) is 385 cm³/mol. The Balaban J connectivity index is 1.09. The Morgan fingerprint density at radius 2 is 0.919 bits per heavy atom. The molecule has 9 rings (SSSR count). The van der Waals surface area contributed by atoms with Crippen LogP contribution in [0.1, 0.15) is 89.8 Å². The molecule has 2 aliphatic heterocycles. The molecule has 30 nitrogen and oxygen atoms in total. The number of hydrogen-bond donors (Lipinski definition) is 8. The monoisotopic (exact) mass is 1430 g/mol. The first-order valence-corrected chi connectivity index (χ1v) is 36.6. The fourth-order valence-electron chi connectivity index (χ4n) is 10.9. The van der Waals surface area contributed by atoms with Gasteiger partial charge in [-0.1, -0.05) is 34.8 Å². The van der Waals surface area contributed by atoms with Gasteiger partial charge in [-0.3, -0.25) is 28.3 Å². The van der Waals surface area contributed by atoms with Crippen LogP contribution in [0.5, 0.6) is 0 Å². The van der Waals surface area contributed by atoms with Crippen LogP contribution in [0.3, 0.4) is 0 Å². The molecule has 0 aliphatic carbocycles. The first-order chi connectivity index (χ1) is 47.5. The van der Waals surface area contributed by atoms with Gasteiger partial charge in [-0.2, -0.15) is 41.8 Å². The molecule has 5 heterocycles. The Morgan fingerprint density at radius 1 is 0.525 bits per heavy atom. The highest BCUT2D eigenvalue weighted by Gasteiger charge is 2.27. The standard InChI is InChI=1S/C65H78N18O12S4/c1-7-79(8-2)45-23-25-51(75-77-64-70-57(81-27-13-11-14-28-81)55(96-64)39-49(41(5)86)59(88)66-43-19-17-21-47(35-43)98(90,91)92)53(37-45)68-61-72-62(74-63(73-61)83(31-33-84)32-34-85)69-54-38-46(80(9-3)10-4)24-26-52(54)76-78-65-71-58(82-29-15-12-16-30-82)56(97-65)40-50(42(6)87)60(89)67-44-20-18-22-48(36-44)99(93,94)95/h17-26,35-40,84-85H,7-16,27-34H2,1-6H3,(H,66,88)(H,67,89)(H,90,91,92)(H,93,94,95)(H2,68,69,72,73,74)/b49-39+,50-40?,77-75?,78-76?. The Morgan fingerprint density at radius 3 is 1.27 bits per heavy atom. The molecule has 0 bridgehead atoms. The average molecular weight is 1430 g/mol. The van der Waals surface area contributed by atoms with Crippen LogP contribution < -0.4 is 45.8 Å². The highest BCUT2D eigenvalue weighted by molar-refractivity contribution is 7.86. The number of hydrogen-bond acceptors (Lipinski definition) is 28. The third-order valence-electron chi connectivity index (χ3n) is 16.0. The van der Waals surface area contributed by atoms with Gasteiger partial charge in [0.05, 0.1) is 55.3 Å². The lowest BCUT2D eigenvalue weighted by molar-refractivity contribution is -0.120. The molecule has 8 N–H and O–H groups in total. The SMILES string of the molecule is CCN(CC)c1ccc(N=Nc2nc(N3CCCCC3)c(C=C(C(C)=O)C(=O)Nc3cccc(S(=O)(=O)O)c3)s2)c(Nc2nc(Nc3cc(N(CC)CC)ccc3N=Nc3nc(N4CCCCC4)c(/C=C(\C(C)=O)C(=O)Nc4cccc(S(=O)(=O)O)c4)s3)nc(N(CCO)CCO)n2)c1. The molecular formula is C65H78N18O12S4. The molecule has 3 aromatic heterocycles. The number of piperidine rings is 2. The van der Waals surface area contributed by atoms with E-state index >= 15 is 0 Å². The molecule has 34 heteroatoms. The number of ketones is 2. The lowest BCUT2D eigenvalue weighted by Crippen LogP contribution is -2.31. The van der Waals surface area contributed by atoms with Crippen molar-refractivity contribution in [3.05, 3.63) is 106 Å². The van der Waals surface area contributed by atoms with Crippen molar-refractivity contribution >= 4 is 164 Å². The van der Waals surface area contributed by atoms with Crippen molar-refractivity contribution in [1.82, 2.24) is 24.9 Å². The zero-order valence-electron chi connectivity index (χ0n) is 55.4. The molecular weight excluding hydrogens is 1350 g/mol. The summed E-state index contributed by atoms with van der Waals surface area (Å²) >= 11 is 2.18. The fraction of sp³-hybridized carbons (Fsp3) is 0.369. The minimum atomic E-state index is -4.60. The maximum atomic E-state index is 13.8. The zero-order chi connectivity index (χ0) is 71.0. The second-order valence-corrected chi connectivity index (χ2v) is 27.6. The minimum absolute atomic E-state index is 0.00672. The summed E-state index contributed by atoms with van der Waals surface area (Å²) in [5.41, 5.74) is 2.60. The molecule has 0 saturated carbocycles. The van der Waals surface area contributed by atoms with Crippen LogP contribution in [-0.2, 0) is 39.4 Å². The van der Waals surface area contributed by atoms with E-state index in [-0.39, 0.29) is 76.9 Å². The average Bonchev–Trinajstić information content (AvgIpc) is 1.68. The summed E-state index contributed by atoms with van der Waals surface area (Å²) in [6, 6.07) is 21.0. The van der Waals surface area contributed by atoms with E-state index in [2.05, 4.69) is 51.1 Å². The zero-order valence-corrected chi connectivity index (χ0v) is 58.7. The van der Waals surface area contributed by atoms with Crippen molar-refractivity contribution in [1.29, 1.82) is 0 Å². The summed E-state index contributed by atoms with van der Waals surface area (Å²) < 4.78 is 66.9. The number of amides is 2. The first-order valence-electron chi connectivity index (χ1n) is 32.1. The minimum Gasteiger partial charge on any atom is -0.395 e. The van der Waals surface area contributed by atoms with Crippen LogP contribution in [-0.4, -0.2) is 163 Å². The molecule has 2 saturated heterocycles. The number of carbonyl (C=O) groups excluding carboxylic acids is 4. The number of carbonyl (C=O) groups is 4. The third-order valence-corrected chi connectivity index (χ3v) is 19.4. The number of nitrogens with zero attached hydrogens (tertiary/aromatic N) is 14. The largest absolute Gasteiger partial charge is 0.395 e. The first kappa shape index (κ1) is 73.7. The lowest BCUT2D eigenvalue weighted by Gasteiger charge is -2.27. The van der Waals surface area contributed by atoms with Gasteiger partial charge in [-0.05, 0) is 165 Å². The number of nitrogens with one attached hydrogen (secondary N) is 4. The summed E-state index contributed by atoms with van der Waals surface area (Å²) in [6.45, 7) is 15.1. The number of aliphatic hydroxyl groups is 2. The van der Waals surface area contributed by atoms with Gasteiger partial charge in [0.25, 0.3) is 32.1 Å². The van der Waals surface area contributed by atoms with Crippen molar-refractivity contribution in [2.45, 2.75) is 89.9 Å². The van der Waals surface area contributed by atoms with E-state index in [9.17, 15) is 55.3 Å². The summed E-state index contributed by atoms with van der Waals surface area (Å²) in [6.07, 6.45) is 8.33. The number of aliphatic hydroxyl groups excluding tert-OH is 2. The number of aromatic nitrogens is 5. The van der Waals surface area contributed by atoms with Gasteiger partial charge in [-0.25, -0.2) is 0 Å². The van der Waals surface area contributed by atoms with Crippen LogP contribution in [0.2, 0.25) is 0 Å². The van der Waals surface area contributed by atoms with Crippen molar-refractivity contribution in [3.8, 4) is 0 Å². The van der Waals surface area contributed by atoms with E-state index in [0.29, 0.717) is 96.5 Å². The number of thiazole rings is 2. The Bertz CT molecular complexity index is 4170. The molecule has 99 heavy (non-hydrogen) atoms. The van der Waals surface area contributed by atoms with E-state index in [0.717, 1.165) is 96.8 Å². The molecule has 2 aliphatic rings. The molecule has 0 atom stereocenters. The van der Waals surface area contributed by atoms with Gasteiger partial charge in [0.15, 0.2) is 11.6 Å². The van der Waals surface area contributed by atoms with Crippen molar-refractivity contribution < 1.29 is 55.3 Å². The summed E-state index contributed by atoms with van der Waals surface area (Å²) in [5, 5.41) is 51.6. The van der Waals surface area contributed by atoms with Crippen molar-refractivity contribution in [2.75, 3.05) is 124 Å². The fourth-order valence-corrected chi connectivity index (χ4v) is 13.7. The molecule has 2 amide bonds. The van der Waals surface area contributed by atoms with Crippen molar-refractivity contribution in [2.24, 2.45) is 20.5 Å². The van der Waals surface area contributed by atoms with E-state index in [1.165, 1.54) is 50.3 Å². The van der Waals surface area contributed by atoms with E-state index in [1.807, 2.05) is 52.0 Å². The highest BCUT2D eigenvalue weighted by atomic mass is 32.2. The lowest BCUT2D eigenvalue weighted by atomic mass is 10.1. The number of azo groups is 2. The summed E-state index contributed by atoms with van der Waals surface area (Å²) in [4.78, 5) is 88.3. The number of rotatable bonds is 31. The smallest absolute Gasteiger partial charge is 0.294 e. The number of anilines is 11. The number of benzene rings is 4. The van der Waals surface area contributed by atoms with Gasteiger partial charge in [0, 0.05) is 88.2 Å². The number of Topliss-reactive ketones (excluding diaryl/α,β-unsaturated/α-hetero) is 2. The predicted octanol–water partition coefficient (Wildman–Crippen LogP) is 11.3. The van der Waals surface area contributed by atoms with Crippen LogP contribution in [0.4, 0.5) is 85.2 Å². The molecule has 2 fully saturated rings.